The average Bonchev–Trinajstić information content (AvgIpc) is 3.11. The third-order valence-corrected chi connectivity index (χ3v) is 11.7. The minimum Gasteiger partial charge on any atom is -0.508 e. The number of aryl methyl sites for hydroxylation is 6. The molecule has 0 fully saturated rings. The molecule has 6 heteroatoms. The van der Waals surface area contributed by atoms with Crippen molar-refractivity contribution in [1.29, 1.82) is 0 Å². The van der Waals surface area contributed by atoms with Crippen LogP contribution in [-0.2, 0) is 6.42 Å². The maximum Gasteiger partial charge on any atom is 0.119 e. The van der Waals surface area contributed by atoms with Gasteiger partial charge < -0.3 is 30.6 Å². The minimum atomic E-state index is -0.590. The molecule has 5 aromatic rings. The molecule has 6 nitrogen and oxygen atoms in total. The first-order valence-corrected chi connectivity index (χ1v) is 18.6. The molecule has 0 heterocycles. The number of allylic oxidation sites excluding steroid dienone is 2. The fourth-order valence-electron chi connectivity index (χ4n) is 8.18. The Kier molecular flexibility index (Phi) is 10.5. The topological polar surface area (TPSA) is 121 Å². The van der Waals surface area contributed by atoms with Crippen molar-refractivity contribution >= 4 is 0 Å². The number of aliphatic hydroxyl groups excluding tert-OH is 1. The lowest BCUT2D eigenvalue weighted by molar-refractivity contribution is 0.164. The zero-order chi connectivity index (χ0) is 39.3. The quantitative estimate of drug-likeness (QED) is 0.0887. The van der Waals surface area contributed by atoms with Crippen LogP contribution in [0.5, 0.6) is 28.7 Å². The molecular formula is C48H52O6. The molecule has 3 unspecified atom stereocenters. The molecule has 1 aliphatic carbocycles. The maximum absolute atomic E-state index is 11.6. The Balaban J connectivity index is 1.50. The van der Waals surface area contributed by atoms with Crippen molar-refractivity contribution in [3.8, 4) is 28.7 Å². The summed E-state index contributed by atoms with van der Waals surface area (Å²) in [5, 5.41) is 65.7. The number of benzene rings is 5. The van der Waals surface area contributed by atoms with Crippen molar-refractivity contribution in [2.75, 3.05) is 0 Å². The Morgan fingerprint density at radius 3 is 1.28 bits per heavy atom. The number of aromatic hydroxyl groups is 5. The monoisotopic (exact) mass is 724 g/mol. The van der Waals surface area contributed by atoms with E-state index in [1.54, 1.807) is 30.3 Å². The summed E-state index contributed by atoms with van der Waals surface area (Å²) in [7, 11) is 0. The Morgan fingerprint density at radius 2 is 0.852 bits per heavy atom. The van der Waals surface area contributed by atoms with E-state index >= 15 is 0 Å². The summed E-state index contributed by atoms with van der Waals surface area (Å²) in [5.41, 5.74) is 14.0. The van der Waals surface area contributed by atoms with Crippen LogP contribution in [0.25, 0.3) is 0 Å². The van der Waals surface area contributed by atoms with Crippen molar-refractivity contribution in [3.63, 3.8) is 0 Å². The predicted octanol–water partition coefficient (Wildman–Crippen LogP) is 10.2. The molecule has 1 aliphatic rings. The molecule has 0 saturated heterocycles. The van der Waals surface area contributed by atoms with Crippen molar-refractivity contribution in [2.45, 2.75) is 86.7 Å². The third kappa shape index (κ3) is 7.11. The van der Waals surface area contributed by atoms with Crippen LogP contribution >= 0.6 is 0 Å². The minimum absolute atomic E-state index is 0.110. The molecule has 6 N–H and O–H groups in total. The van der Waals surface area contributed by atoms with Crippen LogP contribution in [0.2, 0.25) is 0 Å². The van der Waals surface area contributed by atoms with Crippen LogP contribution in [-0.4, -0.2) is 36.7 Å². The van der Waals surface area contributed by atoms with Gasteiger partial charge in [-0.1, -0.05) is 61.0 Å². The average molecular weight is 725 g/mol. The fraction of sp³-hybridized carbons (Fsp3) is 0.292. The van der Waals surface area contributed by atoms with E-state index in [-0.39, 0.29) is 40.6 Å². The first kappa shape index (κ1) is 38.3. The zero-order valence-electron chi connectivity index (χ0n) is 32.7. The summed E-state index contributed by atoms with van der Waals surface area (Å²) < 4.78 is 0. The van der Waals surface area contributed by atoms with E-state index in [0.717, 1.165) is 83.5 Å². The Hall–Kier alpha value is -5.46. The maximum atomic E-state index is 11.6. The number of rotatable bonds is 8. The number of hydrogen-bond donors (Lipinski definition) is 6. The van der Waals surface area contributed by atoms with Gasteiger partial charge in [-0.2, -0.15) is 0 Å². The summed E-state index contributed by atoms with van der Waals surface area (Å²) >= 11 is 0. The van der Waals surface area contributed by atoms with Crippen molar-refractivity contribution in [2.24, 2.45) is 5.92 Å². The number of phenolic OH excluding ortho intramolecular Hbond substituents is 5. The Morgan fingerprint density at radius 1 is 0.463 bits per heavy atom. The van der Waals surface area contributed by atoms with Crippen LogP contribution in [0, 0.1) is 47.5 Å². The summed E-state index contributed by atoms with van der Waals surface area (Å²) in [6.07, 6.45) is 1.97. The molecule has 0 radical (unpaired) electrons. The van der Waals surface area contributed by atoms with Crippen LogP contribution in [0.3, 0.4) is 0 Å². The highest BCUT2D eigenvalue weighted by Gasteiger charge is 2.32. The highest BCUT2D eigenvalue weighted by atomic mass is 16.3. The van der Waals surface area contributed by atoms with Crippen LogP contribution in [0.1, 0.15) is 105 Å². The van der Waals surface area contributed by atoms with Crippen molar-refractivity contribution in [3.05, 3.63) is 168 Å². The Labute approximate surface area is 319 Å². The molecular weight excluding hydrogens is 673 g/mol. The van der Waals surface area contributed by atoms with Gasteiger partial charge in [0, 0.05) is 28.9 Å². The second kappa shape index (κ2) is 14.8. The summed E-state index contributed by atoms with van der Waals surface area (Å²) in [6, 6.07) is 22.6. The highest BCUT2D eigenvalue weighted by Crippen LogP contribution is 2.47. The third-order valence-electron chi connectivity index (χ3n) is 11.7. The van der Waals surface area contributed by atoms with E-state index in [0.29, 0.717) is 12.0 Å². The predicted molar refractivity (Wildman–Crippen MR) is 216 cm³/mol. The van der Waals surface area contributed by atoms with Gasteiger partial charge in [0.25, 0.3) is 0 Å². The molecule has 6 rings (SSSR count). The van der Waals surface area contributed by atoms with Gasteiger partial charge in [-0.15, -0.1) is 0 Å². The number of phenols is 5. The van der Waals surface area contributed by atoms with E-state index in [1.807, 2.05) is 111 Å². The molecule has 54 heavy (non-hydrogen) atoms. The van der Waals surface area contributed by atoms with Crippen LogP contribution in [0.4, 0.5) is 0 Å². The van der Waals surface area contributed by atoms with E-state index in [4.69, 9.17) is 0 Å². The van der Waals surface area contributed by atoms with Gasteiger partial charge in [0.1, 0.15) is 28.7 Å². The lowest BCUT2D eigenvalue weighted by Gasteiger charge is -2.33. The number of hydrogen-bond acceptors (Lipinski definition) is 6. The fourth-order valence-corrected chi connectivity index (χ4v) is 8.18. The summed E-state index contributed by atoms with van der Waals surface area (Å²) in [5.74, 6) is 0.0650. The SMILES string of the molecule is CC1=CC(C(c2cc(C)c(O)cc2C)c2cc(Cc3ccc(O)c(C(c4cc(C)c(O)cc4C)c4cc(C)c(O)cc4C)c3)ccc2O)=C(C)C(C)C1O. The van der Waals surface area contributed by atoms with Crippen LogP contribution in [0.15, 0.2) is 95.6 Å². The second-order valence-corrected chi connectivity index (χ2v) is 15.6. The van der Waals surface area contributed by atoms with Gasteiger partial charge in [-0.25, -0.2) is 0 Å². The molecule has 0 spiro atoms. The van der Waals surface area contributed by atoms with Gasteiger partial charge in [0.05, 0.1) is 6.10 Å². The molecule has 0 aliphatic heterocycles. The molecule has 0 bridgehead atoms. The summed E-state index contributed by atoms with van der Waals surface area (Å²) in [4.78, 5) is 0. The van der Waals surface area contributed by atoms with Gasteiger partial charge >= 0.3 is 0 Å². The van der Waals surface area contributed by atoms with E-state index in [2.05, 4.69) is 0 Å². The van der Waals surface area contributed by atoms with Crippen molar-refractivity contribution in [1.82, 2.24) is 0 Å². The Bertz CT molecular complexity index is 2290. The molecule has 5 aromatic carbocycles. The standard InChI is InChI=1S/C48H52O6/c1-24-18-43(51)27(4)14-35(24)46(36-15-28(5)44(52)19-25(36)2)39-22-33(10-12-41(39)49)21-34-11-13-42(50)40(23-34)47(37-16-29(6)45(53)20-26(37)3)38-17-30(7)48(54)32(9)31(38)8/h10-20,22-23,32,46-54H,21H2,1-9H3. The first-order chi connectivity index (χ1) is 25.5. The normalized spacial score (nSPS) is 16.5. The van der Waals surface area contributed by atoms with E-state index in [9.17, 15) is 30.6 Å². The smallest absolute Gasteiger partial charge is 0.119 e. The van der Waals surface area contributed by atoms with Crippen LogP contribution < -0.4 is 0 Å². The zero-order valence-corrected chi connectivity index (χ0v) is 32.7. The second-order valence-electron chi connectivity index (χ2n) is 15.6. The highest BCUT2D eigenvalue weighted by molar-refractivity contribution is 5.60. The molecule has 3 atom stereocenters. The number of aliphatic hydroxyl groups is 1. The van der Waals surface area contributed by atoms with E-state index < -0.39 is 12.0 Å². The molecule has 0 amide bonds. The summed E-state index contributed by atoms with van der Waals surface area (Å²) in [6.45, 7) is 17.5. The lowest BCUT2D eigenvalue weighted by Crippen LogP contribution is -2.26. The van der Waals surface area contributed by atoms with Gasteiger partial charge in [-0.3, -0.25) is 0 Å². The van der Waals surface area contributed by atoms with Gasteiger partial charge in [0.15, 0.2) is 0 Å². The van der Waals surface area contributed by atoms with Crippen molar-refractivity contribution < 1.29 is 30.6 Å². The first-order valence-electron chi connectivity index (χ1n) is 18.6. The molecule has 280 valence electrons. The molecule has 0 saturated carbocycles. The van der Waals surface area contributed by atoms with Gasteiger partial charge in [-0.05, 0) is 164 Å². The molecule has 0 aromatic heterocycles. The largest absolute Gasteiger partial charge is 0.508 e. The lowest BCUT2D eigenvalue weighted by atomic mass is 9.73. The van der Waals surface area contributed by atoms with E-state index in [1.165, 1.54) is 0 Å². The van der Waals surface area contributed by atoms with Gasteiger partial charge in [0.2, 0.25) is 0 Å².